The number of likely N-dealkylation sites (N-methyl/N-ethyl adjacent to an activating group) is 1. The zero-order valence-corrected chi connectivity index (χ0v) is 23.0. The van der Waals surface area contributed by atoms with Gasteiger partial charge in [0.25, 0.3) is 11.5 Å². The molecule has 4 aromatic rings. The molecule has 4 heterocycles. The molecule has 10 heteroatoms. The molecule has 0 atom stereocenters. The van der Waals surface area contributed by atoms with E-state index < -0.39 is 0 Å². The van der Waals surface area contributed by atoms with Crippen molar-refractivity contribution in [3.63, 3.8) is 0 Å². The lowest BCUT2D eigenvalue weighted by Crippen LogP contribution is -2.41. The van der Waals surface area contributed by atoms with E-state index in [1.165, 1.54) is 28.7 Å². The van der Waals surface area contributed by atoms with E-state index in [9.17, 15) is 14.7 Å². The Balaban J connectivity index is 1.34. The van der Waals surface area contributed by atoms with Gasteiger partial charge in [-0.25, -0.2) is 0 Å². The van der Waals surface area contributed by atoms with Gasteiger partial charge in [-0.05, 0) is 62.1 Å². The Hall–Kier alpha value is -4.15. The molecule has 0 spiro atoms. The zero-order chi connectivity index (χ0) is 27.8. The maximum absolute atomic E-state index is 13.7. The van der Waals surface area contributed by atoms with Crippen LogP contribution in [0.1, 0.15) is 40.2 Å². The van der Waals surface area contributed by atoms with E-state index in [0.29, 0.717) is 35.8 Å². The predicted molar refractivity (Wildman–Crippen MR) is 155 cm³/mol. The molecule has 1 aliphatic heterocycles. The molecule has 0 saturated heterocycles. The zero-order valence-electron chi connectivity index (χ0n) is 23.0. The number of aryl methyl sites for hydroxylation is 2. The van der Waals surface area contributed by atoms with Gasteiger partial charge in [0.05, 0.1) is 18.8 Å². The molecule has 0 unspecified atom stereocenters. The molecule has 6 rings (SSSR count). The number of rotatable bonds is 8. The molecule has 0 fully saturated rings. The fraction of sp³-hybridized carbons (Fsp3) is 0.367. The maximum Gasteiger partial charge on any atom is 0.274 e. The summed E-state index contributed by atoms with van der Waals surface area (Å²) in [5.41, 5.74) is 6.41. The van der Waals surface area contributed by atoms with Crippen LogP contribution in [0.4, 0.5) is 17.2 Å². The Bertz CT molecular complexity index is 1630. The van der Waals surface area contributed by atoms with E-state index in [0.717, 1.165) is 42.8 Å². The van der Waals surface area contributed by atoms with Crippen molar-refractivity contribution in [2.75, 3.05) is 30.4 Å². The van der Waals surface area contributed by atoms with E-state index >= 15 is 0 Å². The number of hydrogen-bond donors (Lipinski definition) is 3. The number of aliphatic hydroxyl groups excluding tert-OH is 1. The number of anilines is 3. The summed E-state index contributed by atoms with van der Waals surface area (Å²) in [6, 6.07) is 11.4. The number of hydrogen-bond acceptors (Lipinski definition) is 6. The lowest BCUT2D eigenvalue weighted by Gasteiger charge is -2.31. The Labute approximate surface area is 232 Å². The number of amides is 1. The molecular formula is C30H35N7O3. The number of carbonyl (C=O) groups is 1. The van der Waals surface area contributed by atoms with Crippen LogP contribution in [-0.2, 0) is 39.6 Å². The van der Waals surface area contributed by atoms with Gasteiger partial charge in [0, 0.05) is 62.0 Å². The first-order valence-electron chi connectivity index (χ1n) is 13.9. The topological polar surface area (TPSA) is 109 Å². The fourth-order valence-corrected chi connectivity index (χ4v) is 6.00. The third-order valence-electron chi connectivity index (χ3n) is 8.01. The number of aliphatic hydroxyl groups is 1. The highest BCUT2D eigenvalue weighted by Crippen LogP contribution is 2.35. The molecule has 3 aromatic heterocycles. The molecule has 40 heavy (non-hydrogen) atoms. The van der Waals surface area contributed by atoms with E-state index in [1.807, 2.05) is 42.2 Å². The van der Waals surface area contributed by atoms with E-state index in [2.05, 4.69) is 26.4 Å². The van der Waals surface area contributed by atoms with Gasteiger partial charge in [-0.3, -0.25) is 14.3 Å². The number of aromatic nitrogens is 4. The molecule has 0 saturated carbocycles. The van der Waals surface area contributed by atoms with Gasteiger partial charge in [0.2, 0.25) is 0 Å². The summed E-state index contributed by atoms with van der Waals surface area (Å²) in [5, 5.41) is 21.3. The quantitative estimate of drug-likeness (QED) is 0.316. The van der Waals surface area contributed by atoms with Gasteiger partial charge in [0.1, 0.15) is 11.4 Å². The summed E-state index contributed by atoms with van der Waals surface area (Å²) in [6.07, 6.45) is 8.01. The van der Waals surface area contributed by atoms with Crippen molar-refractivity contribution in [2.45, 2.75) is 45.4 Å². The van der Waals surface area contributed by atoms with Gasteiger partial charge in [-0.2, -0.15) is 5.10 Å². The maximum atomic E-state index is 13.7. The molecule has 2 aliphatic rings. The largest absolute Gasteiger partial charge is 0.392 e. The number of carbonyl (C=O) groups excluding carboxylic acids is 1. The van der Waals surface area contributed by atoms with E-state index in [1.54, 1.807) is 24.2 Å². The van der Waals surface area contributed by atoms with Gasteiger partial charge in [-0.15, -0.1) is 0 Å². The molecule has 3 N–H and O–H groups in total. The smallest absolute Gasteiger partial charge is 0.274 e. The van der Waals surface area contributed by atoms with Crippen LogP contribution in [-0.4, -0.2) is 50.1 Å². The van der Waals surface area contributed by atoms with Crippen molar-refractivity contribution in [3.8, 4) is 11.1 Å². The second-order valence-electron chi connectivity index (χ2n) is 10.5. The summed E-state index contributed by atoms with van der Waals surface area (Å²) in [5.74, 6) is 0.537. The molecule has 0 radical (unpaired) electrons. The molecule has 10 nitrogen and oxygen atoms in total. The molecule has 1 aromatic carbocycles. The Kier molecular flexibility index (Phi) is 7.03. The lowest BCUT2D eigenvalue weighted by atomic mass is 9.98. The van der Waals surface area contributed by atoms with Crippen LogP contribution in [0.3, 0.4) is 0 Å². The van der Waals surface area contributed by atoms with Crippen LogP contribution in [0.25, 0.3) is 11.1 Å². The lowest BCUT2D eigenvalue weighted by molar-refractivity contribution is 0.0964. The third kappa shape index (κ3) is 4.63. The van der Waals surface area contributed by atoms with Gasteiger partial charge in [-0.1, -0.05) is 12.1 Å². The van der Waals surface area contributed by atoms with Gasteiger partial charge >= 0.3 is 0 Å². The van der Waals surface area contributed by atoms with Crippen molar-refractivity contribution in [1.29, 1.82) is 0 Å². The monoisotopic (exact) mass is 541 g/mol. The van der Waals surface area contributed by atoms with Crippen LogP contribution in [0, 0.1) is 0 Å². The first-order valence-corrected chi connectivity index (χ1v) is 13.9. The van der Waals surface area contributed by atoms with Crippen molar-refractivity contribution in [3.05, 3.63) is 81.7 Å². The Morgan fingerprint density at radius 2 is 1.93 bits per heavy atom. The first-order chi connectivity index (χ1) is 19.5. The second kappa shape index (κ2) is 10.8. The number of pyridine rings is 1. The van der Waals surface area contributed by atoms with Crippen LogP contribution in [0.2, 0.25) is 0 Å². The summed E-state index contributed by atoms with van der Waals surface area (Å²) in [7, 11) is 3.59. The standard InChI is InChI=1S/C30H35N7O3/c1-31-11-13-35-12-10-28(33-35)32-24-16-21(18-34(2)29(24)39)22-7-5-9-26(23(22)19-38)37-15-14-36-25-8-4-3-6-20(25)17-27(36)30(37)40/h5,7,9-10,12,16-18,31,38H,3-4,6,8,11,13-15,19H2,1-2H3,(H,32,33). The van der Waals surface area contributed by atoms with E-state index in [4.69, 9.17) is 0 Å². The predicted octanol–water partition coefficient (Wildman–Crippen LogP) is 3.04. The minimum Gasteiger partial charge on any atom is -0.392 e. The van der Waals surface area contributed by atoms with Crippen LogP contribution in [0.15, 0.2) is 53.6 Å². The minimum atomic E-state index is -0.242. The molecule has 1 aliphatic carbocycles. The van der Waals surface area contributed by atoms with Crippen LogP contribution >= 0.6 is 0 Å². The fourth-order valence-electron chi connectivity index (χ4n) is 6.00. The molecule has 1 amide bonds. The number of nitrogens with one attached hydrogen (secondary N) is 2. The van der Waals surface area contributed by atoms with Crippen molar-refractivity contribution >= 4 is 23.1 Å². The highest BCUT2D eigenvalue weighted by molar-refractivity contribution is 6.07. The van der Waals surface area contributed by atoms with Gasteiger partial charge in [0.15, 0.2) is 5.82 Å². The Morgan fingerprint density at radius 3 is 2.75 bits per heavy atom. The summed E-state index contributed by atoms with van der Waals surface area (Å²) in [6.45, 7) is 2.53. The Morgan fingerprint density at radius 1 is 1.07 bits per heavy atom. The molecular weight excluding hydrogens is 506 g/mol. The SMILES string of the molecule is CNCCn1ccc(Nc2cc(-c3cccc(N4CCn5c(cc6c5CCCC6)C4=O)c3CO)cn(C)c2=O)n1. The minimum absolute atomic E-state index is 0.0378. The average Bonchev–Trinajstić information content (AvgIpc) is 3.58. The van der Waals surface area contributed by atoms with Crippen molar-refractivity contribution < 1.29 is 9.90 Å². The van der Waals surface area contributed by atoms with Gasteiger partial charge < -0.3 is 29.8 Å². The third-order valence-corrected chi connectivity index (χ3v) is 8.01. The summed E-state index contributed by atoms with van der Waals surface area (Å²) in [4.78, 5) is 28.5. The number of nitrogens with zero attached hydrogens (tertiary/aromatic N) is 5. The summed E-state index contributed by atoms with van der Waals surface area (Å²) < 4.78 is 5.52. The second-order valence-corrected chi connectivity index (χ2v) is 10.5. The molecule has 208 valence electrons. The highest BCUT2D eigenvalue weighted by atomic mass is 16.3. The van der Waals surface area contributed by atoms with Crippen molar-refractivity contribution in [2.24, 2.45) is 7.05 Å². The number of benzene rings is 1. The first kappa shape index (κ1) is 26.1. The highest BCUT2D eigenvalue weighted by Gasteiger charge is 2.31. The number of fused-ring (bicyclic) bond motifs is 3. The van der Waals surface area contributed by atoms with E-state index in [-0.39, 0.29) is 18.1 Å². The molecule has 0 bridgehead atoms. The van der Waals surface area contributed by atoms with Crippen LogP contribution in [0.5, 0.6) is 0 Å². The average molecular weight is 542 g/mol. The van der Waals surface area contributed by atoms with Crippen LogP contribution < -0.4 is 21.1 Å². The normalized spacial score (nSPS) is 14.8. The summed E-state index contributed by atoms with van der Waals surface area (Å²) >= 11 is 0. The van der Waals surface area contributed by atoms with Crippen molar-refractivity contribution in [1.82, 2.24) is 24.2 Å².